The van der Waals surface area contributed by atoms with Crippen LogP contribution in [0.3, 0.4) is 0 Å². The summed E-state index contributed by atoms with van der Waals surface area (Å²) in [5.41, 5.74) is 1.24. The van der Waals surface area contributed by atoms with Crippen LogP contribution in [0.4, 0.5) is 21.8 Å². The molecule has 0 fully saturated rings. The molecule has 0 spiro atoms. The second-order valence-corrected chi connectivity index (χ2v) is 7.88. The molecule has 0 radical (unpaired) electrons. The normalized spacial score (nSPS) is 11.5. The number of nitrogens with zero attached hydrogens (tertiary/aromatic N) is 2. The van der Waals surface area contributed by atoms with E-state index in [0.29, 0.717) is 22.1 Å². The van der Waals surface area contributed by atoms with E-state index in [2.05, 4.69) is 20.0 Å². The number of aromatic nitrogens is 2. The molecule has 2 aromatic carbocycles. The summed E-state index contributed by atoms with van der Waals surface area (Å²) in [6, 6.07) is 11.7. The Kier molecular flexibility index (Phi) is 4.44. The van der Waals surface area contributed by atoms with Crippen LogP contribution in [0.15, 0.2) is 65.5 Å². The first-order valence-electron chi connectivity index (χ1n) is 8.22. The van der Waals surface area contributed by atoms with E-state index >= 15 is 0 Å². The first kappa shape index (κ1) is 17.9. The molecule has 0 aliphatic rings. The van der Waals surface area contributed by atoms with Gasteiger partial charge in [0.1, 0.15) is 5.82 Å². The highest BCUT2D eigenvalue weighted by Crippen LogP contribution is 2.31. The lowest BCUT2D eigenvalue weighted by Crippen LogP contribution is -2.09. The fraction of sp³-hybridized carbons (Fsp3) is 0.0526. The molecule has 4 aromatic rings. The van der Waals surface area contributed by atoms with Gasteiger partial charge in [0.15, 0.2) is 5.76 Å². The van der Waals surface area contributed by atoms with Crippen LogP contribution < -0.4 is 10.0 Å². The highest BCUT2D eigenvalue weighted by Gasteiger charge is 2.14. The van der Waals surface area contributed by atoms with Gasteiger partial charge in [0.05, 0.1) is 23.7 Å². The van der Waals surface area contributed by atoms with Crippen molar-refractivity contribution in [1.29, 1.82) is 0 Å². The Bertz CT molecular complexity index is 1270. The maximum absolute atomic E-state index is 14.8. The molecule has 0 aliphatic heterocycles. The Hall–Kier alpha value is -3.46. The third kappa shape index (κ3) is 3.79. The Morgan fingerprint density at radius 2 is 1.89 bits per heavy atom. The van der Waals surface area contributed by atoms with Crippen LogP contribution in [0.1, 0.15) is 0 Å². The van der Waals surface area contributed by atoms with Gasteiger partial charge in [-0.1, -0.05) is 12.1 Å². The first-order valence-corrected chi connectivity index (χ1v) is 10.1. The number of benzene rings is 2. The summed E-state index contributed by atoms with van der Waals surface area (Å²) < 4.78 is 45.5. The quantitative estimate of drug-likeness (QED) is 0.524. The van der Waals surface area contributed by atoms with Crippen LogP contribution in [0.5, 0.6) is 0 Å². The number of hydrogen-bond donors (Lipinski definition) is 2. The van der Waals surface area contributed by atoms with E-state index in [0.717, 1.165) is 6.26 Å². The van der Waals surface area contributed by atoms with Gasteiger partial charge >= 0.3 is 0 Å². The van der Waals surface area contributed by atoms with Crippen molar-refractivity contribution >= 4 is 38.2 Å². The lowest BCUT2D eigenvalue weighted by Gasteiger charge is -2.07. The zero-order chi connectivity index (χ0) is 19.7. The van der Waals surface area contributed by atoms with Gasteiger partial charge in [0.2, 0.25) is 10.0 Å². The second kappa shape index (κ2) is 6.93. The van der Waals surface area contributed by atoms with Crippen molar-refractivity contribution in [3.8, 4) is 11.3 Å². The molecule has 9 heteroatoms. The van der Waals surface area contributed by atoms with E-state index in [1.54, 1.807) is 48.7 Å². The number of fused-ring (bicyclic) bond motifs is 1. The third-order valence-corrected chi connectivity index (χ3v) is 4.55. The number of anilines is 3. The fourth-order valence-electron chi connectivity index (χ4n) is 2.78. The van der Waals surface area contributed by atoms with Gasteiger partial charge in [-0.3, -0.25) is 9.71 Å². The number of hydrogen-bond acceptors (Lipinski definition) is 6. The predicted octanol–water partition coefficient (Wildman–Crippen LogP) is 4.14. The monoisotopic (exact) mass is 398 g/mol. The van der Waals surface area contributed by atoms with Gasteiger partial charge in [-0.05, 0) is 30.3 Å². The van der Waals surface area contributed by atoms with Crippen LogP contribution in [0.2, 0.25) is 0 Å². The number of halogens is 1. The van der Waals surface area contributed by atoms with E-state index in [1.165, 1.54) is 12.4 Å². The molecule has 0 aliphatic carbocycles. The minimum absolute atomic E-state index is 0.153. The van der Waals surface area contributed by atoms with Crippen LogP contribution in [0.25, 0.3) is 22.1 Å². The molecule has 7 nitrogen and oxygen atoms in total. The molecule has 4 rings (SSSR count). The Labute approximate surface area is 160 Å². The van der Waals surface area contributed by atoms with E-state index in [4.69, 9.17) is 4.42 Å². The van der Waals surface area contributed by atoms with E-state index in [1.807, 2.05) is 0 Å². The molecule has 0 atom stereocenters. The van der Waals surface area contributed by atoms with Crippen molar-refractivity contribution < 1.29 is 17.2 Å². The molecule has 28 heavy (non-hydrogen) atoms. The molecule has 0 amide bonds. The maximum Gasteiger partial charge on any atom is 0.299 e. The highest BCUT2D eigenvalue weighted by molar-refractivity contribution is 7.92. The maximum atomic E-state index is 14.8. The van der Waals surface area contributed by atoms with E-state index < -0.39 is 15.8 Å². The largest absolute Gasteiger partial charge is 0.423 e. The molecule has 0 unspecified atom stereocenters. The second-order valence-electron chi connectivity index (χ2n) is 6.13. The fourth-order valence-corrected chi connectivity index (χ4v) is 3.33. The van der Waals surface area contributed by atoms with Crippen molar-refractivity contribution in [2.75, 3.05) is 16.3 Å². The van der Waals surface area contributed by atoms with Crippen molar-refractivity contribution in [2.45, 2.75) is 0 Å². The summed E-state index contributed by atoms with van der Waals surface area (Å²) >= 11 is 0. The van der Waals surface area contributed by atoms with E-state index in [9.17, 15) is 12.8 Å². The summed E-state index contributed by atoms with van der Waals surface area (Å²) in [5.74, 6) is -0.147. The number of pyridine rings is 1. The average Bonchev–Trinajstić information content (AvgIpc) is 3.09. The van der Waals surface area contributed by atoms with Gasteiger partial charge in [0, 0.05) is 28.9 Å². The van der Waals surface area contributed by atoms with Gasteiger partial charge in [-0.15, -0.1) is 0 Å². The average molecular weight is 398 g/mol. The smallest absolute Gasteiger partial charge is 0.299 e. The van der Waals surface area contributed by atoms with E-state index in [-0.39, 0.29) is 17.3 Å². The third-order valence-electron chi connectivity index (χ3n) is 3.94. The van der Waals surface area contributed by atoms with Crippen LogP contribution >= 0.6 is 0 Å². The number of nitrogens with one attached hydrogen (secondary N) is 2. The van der Waals surface area contributed by atoms with Crippen molar-refractivity contribution in [1.82, 2.24) is 9.97 Å². The van der Waals surface area contributed by atoms with Crippen molar-refractivity contribution in [3.63, 3.8) is 0 Å². The lowest BCUT2D eigenvalue weighted by atomic mass is 10.1. The number of sulfonamides is 1. The molecule has 2 aromatic heterocycles. The Balaban J connectivity index is 1.61. The topological polar surface area (TPSA) is 97.1 Å². The van der Waals surface area contributed by atoms with Crippen LogP contribution in [0, 0.1) is 5.82 Å². The van der Waals surface area contributed by atoms with Gasteiger partial charge < -0.3 is 9.73 Å². The van der Waals surface area contributed by atoms with Crippen LogP contribution in [-0.4, -0.2) is 24.6 Å². The molecule has 2 heterocycles. The molecule has 142 valence electrons. The van der Waals surface area contributed by atoms with Crippen molar-refractivity contribution in [2.24, 2.45) is 0 Å². The van der Waals surface area contributed by atoms with Gasteiger partial charge in [0.25, 0.3) is 6.01 Å². The minimum Gasteiger partial charge on any atom is -0.423 e. The van der Waals surface area contributed by atoms with Gasteiger partial charge in [-0.25, -0.2) is 17.8 Å². The molecule has 0 bridgehead atoms. The number of oxazole rings is 1. The first-order chi connectivity index (χ1) is 13.4. The number of rotatable bonds is 5. The molecule has 2 N–H and O–H groups in total. The molecular formula is C19H15FN4O3S. The molecule has 0 saturated heterocycles. The SMILES string of the molecule is CS(=O)(=O)Nc1cccc(Nc2ncc(-c3ccc4cnccc4c3F)o2)c1. The summed E-state index contributed by atoms with van der Waals surface area (Å²) in [6.45, 7) is 0. The summed E-state index contributed by atoms with van der Waals surface area (Å²) in [7, 11) is -3.38. The Morgan fingerprint density at radius 3 is 2.71 bits per heavy atom. The predicted molar refractivity (Wildman–Crippen MR) is 105 cm³/mol. The van der Waals surface area contributed by atoms with Crippen molar-refractivity contribution in [3.05, 3.63) is 66.9 Å². The lowest BCUT2D eigenvalue weighted by molar-refractivity contribution is 0.580. The Morgan fingerprint density at radius 1 is 1.07 bits per heavy atom. The summed E-state index contributed by atoms with van der Waals surface area (Å²) in [6.07, 6.45) is 5.61. The minimum atomic E-state index is -3.38. The standard InChI is InChI=1S/C19H15FN4O3S/c1-28(25,26)24-14-4-2-3-13(9-14)23-19-22-11-17(27-19)16-6-5-12-10-21-8-7-15(12)18(16)20/h2-11,24H,1H3,(H,22,23). The molecular weight excluding hydrogens is 383 g/mol. The highest BCUT2D eigenvalue weighted by atomic mass is 32.2. The zero-order valence-electron chi connectivity index (χ0n) is 14.7. The summed E-state index contributed by atoms with van der Waals surface area (Å²) in [5, 5.41) is 4.07. The van der Waals surface area contributed by atoms with Gasteiger partial charge in [-0.2, -0.15) is 0 Å². The van der Waals surface area contributed by atoms with Crippen LogP contribution in [-0.2, 0) is 10.0 Å². The summed E-state index contributed by atoms with van der Waals surface area (Å²) in [4.78, 5) is 8.10. The zero-order valence-corrected chi connectivity index (χ0v) is 15.5. The molecule has 0 saturated carbocycles.